The van der Waals surface area contributed by atoms with Crippen LogP contribution >= 0.6 is 0 Å². The molecule has 228 valence electrons. The van der Waals surface area contributed by atoms with Crippen molar-refractivity contribution in [2.75, 3.05) is 4.90 Å². The van der Waals surface area contributed by atoms with E-state index >= 15 is 0 Å². The van der Waals surface area contributed by atoms with Gasteiger partial charge in [-0.15, -0.1) is 0 Å². The summed E-state index contributed by atoms with van der Waals surface area (Å²) in [5, 5.41) is 4.74. The first-order valence-corrected chi connectivity index (χ1v) is 16.9. The first-order valence-electron chi connectivity index (χ1n) is 16.9. The average Bonchev–Trinajstić information content (AvgIpc) is 3.79. The van der Waals surface area contributed by atoms with Crippen molar-refractivity contribution in [1.29, 1.82) is 0 Å². The fraction of sp³-hybridized carbons (Fsp3) is 0.0213. The molecule has 1 aromatic heterocycles. The third-order valence-corrected chi connectivity index (χ3v) is 10.9. The van der Waals surface area contributed by atoms with Gasteiger partial charge in [0.15, 0.2) is 0 Å². The third-order valence-electron chi connectivity index (χ3n) is 10.9. The summed E-state index contributed by atoms with van der Waals surface area (Å²) >= 11 is 0. The lowest BCUT2D eigenvalue weighted by Gasteiger charge is -2.32. The standard InChI is InChI=1S/C47H29NO/c1-2-15-31(16-3-1)48(43-23-12-14-30-13-4-5-17-33(30)43)32-25-26-38-42(29-32)47(39-21-9-6-18-34(39)35-19-7-10-22-40(35)47)41-28-27-37-36-20-8-11-24-44(36)49-46(37)45(38)41/h1-29H. The Morgan fingerprint density at radius 2 is 1.08 bits per heavy atom. The van der Waals surface area contributed by atoms with Gasteiger partial charge in [-0.2, -0.15) is 0 Å². The van der Waals surface area contributed by atoms with Gasteiger partial charge in [-0.05, 0) is 80.7 Å². The van der Waals surface area contributed by atoms with Crippen molar-refractivity contribution < 1.29 is 4.42 Å². The summed E-state index contributed by atoms with van der Waals surface area (Å²) < 4.78 is 6.78. The Morgan fingerprint density at radius 1 is 0.408 bits per heavy atom. The molecular formula is C47H29NO. The van der Waals surface area contributed by atoms with Gasteiger partial charge >= 0.3 is 0 Å². The van der Waals surface area contributed by atoms with E-state index in [-0.39, 0.29) is 0 Å². The number of para-hydroxylation sites is 2. The monoisotopic (exact) mass is 623 g/mol. The van der Waals surface area contributed by atoms with Crippen LogP contribution in [-0.4, -0.2) is 0 Å². The molecule has 1 heterocycles. The molecule has 2 aliphatic rings. The number of anilines is 3. The Labute approximate surface area is 284 Å². The zero-order valence-corrected chi connectivity index (χ0v) is 26.6. The van der Waals surface area contributed by atoms with Crippen LogP contribution in [0.2, 0.25) is 0 Å². The first-order chi connectivity index (χ1) is 24.3. The van der Waals surface area contributed by atoms with Crippen LogP contribution in [0.5, 0.6) is 0 Å². The van der Waals surface area contributed by atoms with E-state index in [9.17, 15) is 0 Å². The highest BCUT2D eigenvalue weighted by Crippen LogP contribution is 2.64. The summed E-state index contributed by atoms with van der Waals surface area (Å²) in [4.78, 5) is 2.42. The third kappa shape index (κ3) is 3.45. The fourth-order valence-corrected chi connectivity index (χ4v) is 8.94. The molecule has 49 heavy (non-hydrogen) atoms. The van der Waals surface area contributed by atoms with E-state index in [4.69, 9.17) is 4.42 Å². The van der Waals surface area contributed by atoms with Crippen LogP contribution in [0.15, 0.2) is 180 Å². The molecule has 8 aromatic carbocycles. The maximum absolute atomic E-state index is 6.78. The van der Waals surface area contributed by atoms with Gasteiger partial charge in [-0.1, -0.05) is 140 Å². The molecule has 0 bridgehead atoms. The molecule has 9 aromatic rings. The summed E-state index contributed by atoms with van der Waals surface area (Å²) in [5.74, 6) is 0. The van der Waals surface area contributed by atoms with Crippen LogP contribution in [-0.2, 0) is 5.41 Å². The van der Waals surface area contributed by atoms with Crippen molar-refractivity contribution in [3.8, 4) is 22.3 Å². The van der Waals surface area contributed by atoms with E-state index in [0.717, 1.165) is 39.0 Å². The lowest BCUT2D eigenvalue weighted by molar-refractivity contribution is 0.669. The van der Waals surface area contributed by atoms with Crippen LogP contribution < -0.4 is 4.90 Å². The van der Waals surface area contributed by atoms with E-state index in [2.05, 4.69) is 181 Å². The van der Waals surface area contributed by atoms with Crippen molar-refractivity contribution in [2.24, 2.45) is 0 Å². The molecule has 2 nitrogen and oxygen atoms in total. The lowest BCUT2D eigenvalue weighted by Crippen LogP contribution is -2.26. The summed E-state index contributed by atoms with van der Waals surface area (Å²) in [7, 11) is 0. The van der Waals surface area contributed by atoms with Crippen LogP contribution in [0.4, 0.5) is 17.1 Å². The second-order valence-electron chi connectivity index (χ2n) is 13.2. The zero-order valence-electron chi connectivity index (χ0n) is 26.6. The number of hydrogen-bond donors (Lipinski definition) is 0. The minimum Gasteiger partial charge on any atom is -0.455 e. The van der Waals surface area contributed by atoms with Crippen LogP contribution in [0, 0.1) is 0 Å². The SMILES string of the molecule is c1ccc(N(c2ccc3c(c2)C2(c4ccccc4-c4ccccc42)c2ccc4c(oc5ccccc54)c2-3)c2cccc3ccccc23)cc1. The van der Waals surface area contributed by atoms with Gasteiger partial charge in [0.25, 0.3) is 0 Å². The number of rotatable bonds is 3. The van der Waals surface area contributed by atoms with Gasteiger partial charge < -0.3 is 9.32 Å². The topological polar surface area (TPSA) is 16.4 Å². The summed E-state index contributed by atoms with van der Waals surface area (Å²) in [6, 6.07) is 64.2. The van der Waals surface area contributed by atoms with Crippen molar-refractivity contribution in [1.82, 2.24) is 0 Å². The Balaban J connectivity index is 1.27. The van der Waals surface area contributed by atoms with Crippen molar-refractivity contribution in [3.63, 3.8) is 0 Å². The Kier molecular flexibility index (Phi) is 5.34. The quantitative estimate of drug-likeness (QED) is 0.195. The molecule has 0 aliphatic heterocycles. The molecule has 0 fully saturated rings. The maximum Gasteiger partial charge on any atom is 0.143 e. The van der Waals surface area contributed by atoms with Crippen molar-refractivity contribution >= 4 is 49.8 Å². The van der Waals surface area contributed by atoms with E-state index in [0.29, 0.717) is 0 Å². The van der Waals surface area contributed by atoms with Crippen LogP contribution in [0.3, 0.4) is 0 Å². The largest absolute Gasteiger partial charge is 0.455 e. The zero-order chi connectivity index (χ0) is 32.1. The van der Waals surface area contributed by atoms with Crippen molar-refractivity contribution in [3.05, 3.63) is 198 Å². The molecule has 2 heteroatoms. The predicted octanol–water partition coefficient (Wildman–Crippen LogP) is 12.6. The van der Waals surface area contributed by atoms with Crippen LogP contribution in [0.25, 0.3) is 55.0 Å². The summed E-state index contributed by atoms with van der Waals surface area (Å²) in [6.45, 7) is 0. The molecule has 0 saturated heterocycles. The molecule has 11 rings (SSSR count). The highest BCUT2D eigenvalue weighted by atomic mass is 16.3. The lowest BCUT2D eigenvalue weighted by atomic mass is 9.70. The number of hydrogen-bond acceptors (Lipinski definition) is 2. The highest BCUT2D eigenvalue weighted by Gasteiger charge is 2.52. The Bertz CT molecular complexity index is 2740. The van der Waals surface area contributed by atoms with E-state index in [1.807, 2.05) is 0 Å². The Morgan fingerprint density at radius 3 is 1.90 bits per heavy atom. The van der Waals surface area contributed by atoms with Gasteiger partial charge in [0.05, 0.1) is 11.1 Å². The average molecular weight is 624 g/mol. The fourth-order valence-electron chi connectivity index (χ4n) is 8.94. The molecule has 0 unspecified atom stereocenters. The van der Waals surface area contributed by atoms with E-state index in [1.54, 1.807) is 0 Å². The molecule has 0 saturated carbocycles. The molecule has 0 atom stereocenters. The van der Waals surface area contributed by atoms with E-state index < -0.39 is 5.41 Å². The van der Waals surface area contributed by atoms with Crippen molar-refractivity contribution in [2.45, 2.75) is 5.41 Å². The molecule has 2 aliphatic carbocycles. The van der Waals surface area contributed by atoms with Gasteiger partial charge in [-0.3, -0.25) is 0 Å². The highest BCUT2D eigenvalue weighted by molar-refractivity contribution is 6.13. The number of furan rings is 1. The molecule has 0 radical (unpaired) electrons. The van der Waals surface area contributed by atoms with Crippen LogP contribution in [0.1, 0.15) is 22.3 Å². The molecule has 0 N–H and O–H groups in total. The molecule has 0 amide bonds. The smallest absolute Gasteiger partial charge is 0.143 e. The van der Waals surface area contributed by atoms with Gasteiger partial charge in [0, 0.05) is 33.1 Å². The maximum atomic E-state index is 6.78. The minimum atomic E-state index is -0.498. The van der Waals surface area contributed by atoms with Gasteiger partial charge in [0.1, 0.15) is 11.2 Å². The number of nitrogens with zero attached hydrogens (tertiary/aromatic N) is 1. The number of benzene rings is 8. The summed E-state index contributed by atoms with van der Waals surface area (Å²) in [6.07, 6.45) is 0. The normalized spacial score (nSPS) is 13.5. The van der Waals surface area contributed by atoms with Gasteiger partial charge in [-0.25, -0.2) is 0 Å². The van der Waals surface area contributed by atoms with Gasteiger partial charge in [0.2, 0.25) is 0 Å². The predicted molar refractivity (Wildman–Crippen MR) is 202 cm³/mol. The second-order valence-corrected chi connectivity index (χ2v) is 13.2. The Hall–Kier alpha value is -6.38. The first kappa shape index (κ1) is 26.7. The van der Waals surface area contributed by atoms with E-state index in [1.165, 1.54) is 55.3 Å². The molecule has 1 spiro atoms. The summed E-state index contributed by atoms with van der Waals surface area (Å²) in [5.41, 5.74) is 15.0. The second kappa shape index (κ2) is 9.82. The number of fused-ring (bicyclic) bond motifs is 15. The minimum absolute atomic E-state index is 0.498. The molecular weight excluding hydrogens is 595 g/mol.